The Morgan fingerprint density at radius 3 is 2.48 bits per heavy atom. The second-order valence-corrected chi connectivity index (χ2v) is 6.94. The molecule has 2 aromatic carbocycles. The molecule has 1 N–H and O–H groups in total. The van der Waals surface area contributed by atoms with Crippen LogP contribution in [0.5, 0.6) is 0 Å². The van der Waals surface area contributed by atoms with Crippen molar-refractivity contribution in [1.29, 1.82) is 0 Å². The van der Waals surface area contributed by atoms with Gasteiger partial charge in [0.25, 0.3) is 0 Å². The fourth-order valence-electron chi connectivity index (χ4n) is 2.77. The normalized spacial score (nSPS) is 13.3. The molecule has 0 aromatic heterocycles. The molecule has 25 heavy (non-hydrogen) atoms. The zero-order valence-corrected chi connectivity index (χ0v) is 15.6. The highest BCUT2D eigenvalue weighted by Crippen LogP contribution is 2.27. The third kappa shape index (κ3) is 5.32. The van der Waals surface area contributed by atoms with Gasteiger partial charge in [0.15, 0.2) is 0 Å². The highest BCUT2D eigenvalue weighted by molar-refractivity contribution is 6.30. The predicted octanol–water partition coefficient (Wildman–Crippen LogP) is 4.89. The minimum atomic E-state index is -0.823. The van der Waals surface area contributed by atoms with Crippen molar-refractivity contribution in [3.8, 4) is 11.1 Å². The van der Waals surface area contributed by atoms with E-state index < -0.39 is 5.41 Å². The average Bonchev–Trinajstić information content (AvgIpc) is 2.62. The fourth-order valence-corrected chi connectivity index (χ4v) is 2.96. The molecule has 0 saturated heterocycles. The summed E-state index contributed by atoms with van der Waals surface area (Å²) in [6.45, 7) is 3.67. The van der Waals surface area contributed by atoms with Crippen LogP contribution < -0.4 is 0 Å². The molecular weight excluding hydrogens is 336 g/mol. The van der Waals surface area contributed by atoms with E-state index in [4.69, 9.17) is 16.3 Å². The summed E-state index contributed by atoms with van der Waals surface area (Å²) in [6, 6.07) is 16.1. The average molecular weight is 361 g/mol. The summed E-state index contributed by atoms with van der Waals surface area (Å²) in [4.78, 5) is 12.0. The smallest absolute Gasteiger partial charge is 0.314 e. The van der Waals surface area contributed by atoms with E-state index in [9.17, 15) is 9.90 Å². The van der Waals surface area contributed by atoms with Crippen LogP contribution in [0, 0.1) is 5.41 Å². The molecule has 0 saturated carbocycles. The largest absolute Gasteiger partial charge is 0.466 e. The number of halogens is 1. The van der Waals surface area contributed by atoms with Crippen LogP contribution >= 0.6 is 11.6 Å². The Labute approximate surface area is 154 Å². The van der Waals surface area contributed by atoms with Crippen LogP contribution in [0.25, 0.3) is 11.1 Å². The molecule has 0 aliphatic rings. The summed E-state index contributed by atoms with van der Waals surface area (Å²) >= 11 is 6.04. The summed E-state index contributed by atoms with van der Waals surface area (Å²) < 4.78 is 5.07. The molecule has 3 nitrogen and oxygen atoms in total. The number of aliphatic hydroxyl groups is 1. The topological polar surface area (TPSA) is 46.5 Å². The second kappa shape index (κ2) is 9.02. The first-order chi connectivity index (χ1) is 12.0. The number of carbonyl (C=O) groups excluding carboxylic acids is 1. The van der Waals surface area contributed by atoms with E-state index in [1.807, 2.05) is 24.3 Å². The van der Waals surface area contributed by atoms with Gasteiger partial charge in [-0.15, -0.1) is 0 Å². The lowest BCUT2D eigenvalue weighted by atomic mass is 9.85. The van der Waals surface area contributed by atoms with E-state index in [0.29, 0.717) is 13.0 Å². The highest BCUT2D eigenvalue weighted by atomic mass is 35.5. The summed E-state index contributed by atoms with van der Waals surface area (Å²) in [5.41, 5.74) is 2.60. The Morgan fingerprint density at radius 2 is 1.88 bits per heavy atom. The lowest BCUT2D eigenvalue weighted by molar-refractivity contribution is -0.157. The molecule has 2 rings (SSSR count). The third-order valence-corrected chi connectivity index (χ3v) is 4.66. The van der Waals surface area contributed by atoms with E-state index in [2.05, 4.69) is 24.3 Å². The number of carbonyl (C=O) groups is 1. The molecule has 134 valence electrons. The number of hydrogen-bond donors (Lipinski definition) is 1. The van der Waals surface area contributed by atoms with Crippen molar-refractivity contribution >= 4 is 17.6 Å². The van der Waals surface area contributed by atoms with Gasteiger partial charge in [0, 0.05) is 5.02 Å². The van der Waals surface area contributed by atoms with Crippen molar-refractivity contribution < 1.29 is 14.6 Å². The van der Waals surface area contributed by atoms with Crippen molar-refractivity contribution in [2.45, 2.75) is 33.1 Å². The summed E-state index contributed by atoms with van der Waals surface area (Å²) in [6.07, 6.45) is 2.26. The molecule has 0 heterocycles. The fraction of sp³-hybridized carbons (Fsp3) is 0.381. The van der Waals surface area contributed by atoms with Crippen LogP contribution in [-0.4, -0.2) is 24.3 Å². The van der Waals surface area contributed by atoms with Crippen molar-refractivity contribution in [1.82, 2.24) is 0 Å². The number of esters is 1. The molecule has 1 atom stereocenters. The maximum absolute atomic E-state index is 12.0. The Bertz CT molecular complexity index is 697. The molecule has 0 aliphatic carbocycles. The molecule has 0 aliphatic heterocycles. The third-order valence-electron chi connectivity index (χ3n) is 4.42. The monoisotopic (exact) mass is 360 g/mol. The van der Waals surface area contributed by atoms with Gasteiger partial charge in [0.2, 0.25) is 0 Å². The van der Waals surface area contributed by atoms with Crippen LogP contribution in [0.3, 0.4) is 0 Å². The number of rotatable bonds is 8. The number of benzene rings is 2. The molecule has 2 aromatic rings. The van der Waals surface area contributed by atoms with Gasteiger partial charge in [0.1, 0.15) is 0 Å². The van der Waals surface area contributed by atoms with Crippen LogP contribution in [0.15, 0.2) is 48.5 Å². The van der Waals surface area contributed by atoms with Gasteiger partial charge in [-0.25, -0.2) is 0 Å². The Morgan fingerprint density at radius 1 is 1.16 bits per heavy atom. The molecule has 0 radical (unpaired) electrons. The van der Waals surface area contributed by atoms with Gasteiger partial charge in [-0.3, -0.25) is 4.79 Å². The van der Waals surface area contributed by atoms with Gasteiger partial charge >= 0.3 is 5.97 Å². The second-order valence-electron chi connectivity index (χ2n) is 6.50. The SMILES string of the molecule is CCOC(=O)C(C)(CO)CCCc1ccc(-c2cccc(Cl)c2)cc1. The van der Waals surface area contributed by atoms with Gasteiger partial charge in [-0.1, -0.05) is 48.0 Å². The minimum absolute atomic E-state index is 0.195. The van der Waals surface area contributed by atoms with Gasteiger partial charge in [0.05, 0.1) is 18.6 Å². The van der Waals surface area contributed by atoms with Crippen molar-refractivity contribution in [2.75, 3.05) is 13.2 Å². The predicted molar refractivity (Wildman–Crippen MR) is 102 cm³/mol. The van der Waals surface area contributed by atoms with Crippen LogP contribution in [-0.2, 0) is 16.0 Å². The highest BCUT2D eigenvalue weighted by Gasteiger charge is 2.33. The Hall–Kier alpha value is -1.84. The van der Waals surface area contributed by atoms with E-state index >= 15 is 0 Å². The van der Waals surface area contributed by atoms with Crippen LogP contribution in [0.1, 0.15) is 32.3 Å². The number of aryl methyl sites for hydroxylation is 1. The summed E-state index contributed by atoms with van der Waals surface area (Å²) in [5.74, 6) is -0.325. The zero-order chi connectivity index (χ0) is 18.3. The van der Waals surface area contributed by atoms with Crippen LogP contribution in [0.2, 0.25) is 5.02 Å². The Kier molecular flexibility index (Phi) is 7.03. The van der Waals surface area contributed by atoms with Crippen molar-refractivity contribution in [3.05, 3.63) is 59.1 Å². The molecule has 0 amide bonds. The van der Waals surface area contributed by atoms with Crippen molar-refractivity contribution in [3.63, 3.8) is 0 Å². The lowest BCUT2D eigenvalue weighted by Crippen LogP contribution is -2.33. The molecule has 1 unspecified atom stereocenters. The molecule has 0 spiro atoms. The van der Waals surface area contributed by atoms with E-state index in [-0.39, 0.29) is 12.6 Å². The zero-order valence-electron chi connectivity index (χ0n) is 14.8. The van der Waals surface area contributed by atoms with E-state index in [0.717, 1.165) is 29.0 Å². The number of ether oxygens (including phenoxy) is 1. The van der Waals surface area contributed by atoms with Gasteiger partial charge in [-0.05, 0) is 61.9 Å². The summed E-state index contributed by atoms with van der Waals surface area (Å²) in [5, 5.41) is 10.3. The van der Waals surface area contributed by atoms with Crippen LogP contribution in [0.4, 0.5) is 0 Å². The van der Waals surface area contributed by atoms with E-state index in [1.165, 1.54) is 5.56 Å². The first kappa shape index (κ1) is 19.5. The summed E-state index contributed by atoms with van der Waals surface area (Å²) in [7, 11) is 0. The van der Waals surface area contributed by atoms with Crippen molar-refractivity contribution in [2.24, 2.45) is 5.41 Å². The molecule has 4 heteroatoms. The molecule has 0 fully saturated rings. The lowest BCUT2D eigenvalue weighted by Gasteiger charge is -2.24. The maximum Gasteiger partial charge on any atom is 0.314 e. The van der Waals surface area contributed by atoms with E-state index in [1.54, 1.807) is 13.8 Å². The molecular formula is C21H25ClO3. The van der Waals surface area contributed by atoms with Gasteiger partial charge in [-0.2, -0.15) is 0 Å². The first-order valence-electron chi connectivity index (χ1n) is 8.61. The first-order valence-corrected chi connectivity index (χ1v) is 8.99. The van der Waals surface area contributed by atoms with Gasteiger partial charge < -0.3 is 9.84 Å². The maximum atomic E-state index is 12.0. The molecule has 0 bridgehead atoms. The quantitative estimate of drug-likeness (QED) is 0.681. The minimum Gasteiger partial charge on any atom is -0.466 e. The Balaban J connectivity index is 1.94. The number of hydrogen-bond acceptors (Lipinski definition) is 3. The number of aliphatic hydroxyl groups excluding tert-OH is 1. The standard InChI is InChI=1S/C21H25ClO3/c1-3-25-20(24)21(2,15-23)13-5-6-16-9-11-17(12-10-16)18-7-4-8-19(22)14-18/h4,7-12,14,23H,3,5-6,13,15H2,1-2H3.